The number of sulfonamides is 2. The number of anilines is 1. The highest BCUT2D eigenvalue weighted by Crippen LogP contribution is 2.43. The summed E-state index contributed by atoms with van der Waals surface area (Å²) in [6, 6.07) is 6.04. The summed E-state index contributed by atoms with van der Waals surface area (Å²) in [7, 11) is -7.49. The fourth-order valence-corrected chi connectivity index (χ4v) is 7.31. The van der Waals surface area contributed by atoms with Crippen LogP contribution < -0.4 is 21.3 Å². The molecule has 0 aromatic carbocycles. The first kappa shape index (κ1) is 39.3. The zero-order valence-corrected chi connectivity index (χ0v) is 30.3. The fraction of sp³-hybridized carbons (Fsp3) is 0.688. The summed E-state index contributed by atoms with van der Waals surface area (Å²) in [4.78, 5) is 7.71. The van der Waals surface area contributed by atoms with Crippen molar-refractivity contribution in [1.82, 2.24) is 9.97 Å². The number of pyridine rings is 2. The molecule has 0 bridgehead atoms. The van der Waals surface area contributed by atoms with Crippen molar-refractivity contribution >= 4 is 37.5 Å². The Labute approximate surface area is 276 Å². The molecule has 4 rings (SSSR count). The van der Waals surface area contributed by atoms with E-state index in [4.69, 9.17) is 27.6 Å². The molecule has 2 unspecified atom stereocenters. The van der Waals surface area contributed by atoms with E-state index in [0.717, 1.165) is 36.9 Å². The molecule has 0 aliphatic heterocycles. The molecule has 2 atom stereocenters. The maximum atomic E-state index is 11.3. The molecule has 2 fully saturated rings. The van der Waals surface area contributed by atoms with Gasteiger partial charge in [-0.2, -0.15) is 0 Å². The number of aromatic nitrogens is 2. The number of rotatable bonds is 10. The quantitative estimate of drug-likeness (QED) is 0.166. The van der Waals surface area contributed by atoms with Gasteiger partial charge in [0.25, 0.3) is 20.0 Å². The molecule has 2 saturated carbocycles. The van der Waals surface area contributed by atoms with E-state index in [1.165, 1.54) is 69.9 Å². The number of aryl methyl sites for hydroxylation is 2. The minimum absolute atomic E-state index is 0.0851. The van der Waals surface area contributed by atoms with Gasteiger partial charge in [-0.1, -0.05) is 51.4 Å². The molecule has 7 N–H and O–H groups in total. The zero-order chi connectivity index (χ0) is 34.1. The van der Waals surface area contributed by atoms with Crippen molar-refractivity contribution in [2.45, 2.75) is 116 Å². The number of halogens is 1. The first-order valence-corrected chi connectivity index (χ1v) is 19.3. The lowest BCUT2D eigenvalue weighted by Gasteiger charge is -2.17. The van der Waals surface area contributed by atoms with Gasteiger partial charge in [0.1, 0.15) is 11.0 Å². The van der Waals surface area contributed by atoms with Gasteiger partial charge in [0, 0.05) is 6.54 Å². The van der Waals surface area contributed by atoms with E-state index in [0.29, 0.717) is 22.2 Å². The molecule has 2 aliphatic carbocycles. The van der Waals surface area contributed by atoms with Crippen LogP contribution in [0.4, 0.5) is 5.82 Å². The second-order valence-electron chi connectivity index (χ2n) is 14.2. The smallest absolute Gasteiger partial charge is 0.255 e. The van der Waals surface area contributed by atoms with Gasteiger partial charge in [-0.25, -0.2) is 37.1 Å². The summed E-state index contributed by atoms with van der Waals surface area (Å²) < 4.78 is 44.2. The number of primary sulfonamides is 2. The molecule has 256 valence electrons. The van der Waals surface area contributed by atoms with Crippen LogP contribution in [0.15, 0.2) is 34.3 Å². The van der Waals surface area contributed by atoms with Gasteiger partial charge in [-0.15, -0.1) is 0 Å². The fourth-order valence-electron chi connectivity index (χ4n) is 6.15. The van der Waals surface area contributed by atoms with E-state index >= 15 is 0 Å². The molecule has 2 aromatic rings. The van der Waals surface area contributed by atoms with Crippen LogP contribution in [0.1, 0.15) is 103 Å². The number of hydrogen-bond donors (Lipinski definition) is 4. The lowest BCUT2D eigenvalue weighted by molar-refractivity contribution is 0.352. The molecule has 10 nitrogen and oxygen atoms in total. The maximum Gasteiger partial charge on any atom is 0.255 e. The van der Waals surface area contributed by atoms with Crippen molar-refractivity contribution in [2.75, 3.05) is 18.4 Å². The predicted octanol–water partition coefficient (Wildman–Crippen LogP) is 6.30. The van der Waals surface area contributed by atoms with Crippen molar-refractivity contribution < 1.29 is 16.8 Å². The lowest BCUT2D eigenvalue weighted by Crippen LogP contribution is -2.16. The van der Waals surface area contributed by atoms with E-state index in [1.807, 2.05) is 6.92 Å². The Bertz CT molecular complexity index is 1470. The summed E-state index contributed by atoms with van der Waals surface area (Å²) in [5, 5.41) is 13.0. The first-order valence-electron chi connectivity index (χ1n) is 15.8. The van der Waals surface area contributed by atoms with Gasteiger partial charge in [0.05, 0.1) is 0 Å². The summed E-state index contributed by atoms with van der Waals surface area (Å²) in [6.07, 6.45) is 13.1. The van der Waals surface area contributed by atoms with E-state index in [1.54, 1.807) is 19.1 Å². The predicted molar refractivity (Wildman–Crippen MR) is 184 cm³/mol. The lowest BCUT2D eigenvalue weighted by atomic mass is 9.89. The van der Waals surface area contributed by atoms with Crippen LogP contribution in [-0.4, -0.2) is 39.9 Å². The van der Waals surface area contributed by atoms with E-state index in [-0.39, 0.29) is 15.2 Å². The van der Waals surface area contributed by atoms with Gasteiger partial charge >= 0.3 is 0 Å². The Morgan fingerprint density at radius 2 is 1.27 bits per heavy atom. The van der Waals surface area contributed by atoms with Gasteiger partial charge < -0.3 is 11.1 Å². The second kappa shape index (κ2) is 16.8. The molecular weight excluding hydrogens is 632 g/mol. The number of nitrogens with one attached hydrogen (secondary N) is 1. The minimum atomic E-state index is -3.75. The standard InChI is InChI=1S/C16H27N3O2S.C10H21N.C6H7ClN2O2S/c1-12-6-7-14(22(17,20)21)19-15(12)18-10-4-5-13-8-9-16(2,3)11-13;1-10(2)6-5-9(8-10)4-3-7-11;1-4-2-3-5(9-6(4)7)12(8,10)11/h6-7,13H,4-5,8-11H2,1-3H3,(H,18,19)(H2,17,20,21);9H,3-8,11H2,1-2H3;2-3H,1H3,(H2,8,10,11). The Kier molecular flexibility index (Phi) is 14.7. The Balaban J connectivity index is 0.000000259. The molecular formula is C32H55ClN6O4S2. The molecule has 0 spiro atoms. The van der Waals surface area contributed by atoms with Crippen LogP contribution in [0.25, 0.3) is 0 Å². The topological polar surface area (TPSA) is 184 Å². The van der Waals surface area contributed by atoms with Crippen LogP contribution in [0.5, 0.6) is 0 Å². The average Bonchev–Trinajstić information content (AvgIpc) is 3.46. The van der Waals surface area contributed by atoms with Crippen molar-refractivity contribution in [1.29, 1.82) is 0 Å². The summed E-state index contributed by atoms with van der Waals surface area (Å²) in [6.45, 7) is 14.8. The molecule has 0 radical (unpaired) electrons. The highest BCUT2D eigenvalue weighted by molar-refractivity contribution is 7.89. The SMILES string of the molecule is CC1(C)CCC(CCCN)C1.Cc1ccc(S(N)(=O)=O)nc1Cl.Cc1ccc(S(N)(=O)=O)nc1NCCCC1CCC(C)(C)C1. The molecule has 2 aromatic heterocycles. The van der Waals surface area contributed by atoms with Crippen LogP contribution in [0.3, 0.4) is 0 Å². The van der Waals surface area contributed by atoms with Crippen molar-refractivity contribution in [3.63, 3.8) is 0 Å². The van der Waals surface area contributed by atoms with Gasteiger partial charge in [0.2, 0.25) is 0 Å². The molecule has 0 saturated heterocycles. The number of nitrogens with zero attached hydrogens (tertiary/aromatic N) is 2. The number of hydrogen-bond acceptors (Lipinski definition) is 8. The first-order chi connectivity index (χ1) is 20.7. The molecule has 2 aliphatic rings. The van der Waals surface area contributed by atoms with Gasteiger partial charge in [-0.05, 0) is 131 Å². The third kappa shape index (κ3) is 14.2. The third-order valence-corrected chi connectivity index (χ3v) is 10.7. The largest absolute Gasteiger partial charge is 0.370 e. The van der Waals surface area contributed by atoms with Crippen LogP contribution in [-0.2, 0) is 20.0 Å². The molecule has 0 amide bonds. The van der Waals surface area contributed by atoms with E-state index < -0.39 is 20.0 Å². The molecule has 45 heavy (non-hydrogen) atoms. The third-order valence-electron chi connectivity index (χ3n) is 8.70. The highest BCUT2D eigenvalue weighted by Gasteiger charge is 2.31. The van der Waals surface area contributed by atoms with Crippen LogP contribution >= 0.6 is 11.6 Å². The second-order valence-corrected chi connectivity index (χ2v) is 17.6. The highest BCUT2D eigenvalue weighted by atomic mass is 35.5. The monoisotopic (exact) mass is 686 g/mol. The Morgan fingerprint density at radius 1 is 0.800 bits per heavy atom. The van der Waals surface area contributed by atoms with Crippen LogP contribution in [0.2, 0.25) is 5.15 Å². The number of nitrogens with two attached hydrogens (primary N) is 3. The van der Waals surface area contributed by atoms with E-state index in [9.17, 15) is 16.8 Å². The summed E-state index contributed by atoms with van der Waals surface area (Å²) >= 11 is 5.59. The Hall–Kier alpha value is -1.83. The van der Waals surface area contributed by atoms with Crippen molar-refractivity contribution in [3.8, 4) is 0 Å². The van der Waals surface area contributed by atoms with Crippen LogP contribution in [0, 0.1) is 36.5 Å². The normalized spacial score (nSPS) is 20.5. The van der Waals surface area contributed by atoms with E-state index in [2.05, 4.69) is 43.0 Å². The summed E-state index contributed by atoms with van der Waals surface area (Å²) in [5.41, 5.74) is 8.24. The van der Waals surface area contributed by atoms with Crippen molar-refractivity contribution in [2.24, 2.45) is 38.7 Å². The zero-order valence-electron chi connectivity index (χ0n) is 27.9. The molecule has 13 heteroatoms. The average molecular weight is 687 g/mol. The van der Waals surface area contributed by atoms with Gasteiger partial charge in [-0.3, -0.25) is 0 Å². The minimum Gasteiger partial charge on any atom is -0.370 e. The van der Waals surface area contributed by atoms with Gasteiger partial charge in [0.15, 0.2) is 10.1 Å². The summed E-state index contributed by atoms with van der Waals surface area (Å²) in [5.74, 6) is 2.41. The molecule has 2 heterocycles. The Morgan fingerprint density at radius 3 is 1.69 bits per heavy atom. The maximum absolute atomic E-state index is 11.3. The van der Waals surface area contributed by atoms with Crippen molar-refractivity contribution in [3.05, 3.63) is 40.5 Å².